The van der Waals surface area contributed by atoms with Crippen LogP contribution in [0, 0.1) is 6.92 Å². The van der Waals surface area contributed by atoms with Crippen LogP contribution >= 0.6 is 23.2 Å². The van der Waals surface area contributed by atoms with Crippen molar-refractivity contribution >= 4 is 34.9 Å². The van der Waals surface area contributed by atoms with Gasteiger partial charge in [0.05, 0.1) is 11.4 Å². The van der Waals surface area contributed by atoms with Gasteiger partial charge in [-0.05, 0) is 55.0 Å². The first-order chi connectivity index (χ1) is 11.5. The van der Waals surface area contributed by atoms with Crippen LogP contribution in [0.1, 0.15) is 34.7 Å². The van der Waals surface area contributed by atoms with Crippen LogP contribution in [0.5, 0.6) is 0 Å². The Morgan fingerprint density at radius 2 is 1.88 bits per heavy atom. The van der Waals surface area contributed by atoms with E-state index in [0.29, 0.717) is 16.5 Å². The lowest BCUT2D eigenvalue weighted by Gasteiger charge is -2.27. The van der Waals surface area contributed by atoms with E-state index in [1.165, 1.54) is 0 Å². The molecule has 1 aromatic carbocycles. The van der Waals surface area contributed by atoms with Crippen molar-refractivity contribution < 1.29 is 0 Å². The van der Waals surface area contributed by atoms with Gasteiger partial charge in [-0.15, -0.1) is 5.10 Å². The molecule has 0 saturated carbocycles. The van der Waals surface area contributed by atoms with E-state index in [2.05, 4.69) is 15.2 Å². The Bertz CT molecular complexity index is 821. The van der Waals surface area contributed by atoms with Crippen LogP contribution in [0.25, 0.3) is 0 Å². The van der Waals surface area contributed by atoms with Gasteiger partial charge >= 0.3 is 0 Å². The minimum absolute atomic E-state index is 0.0703. The molecule has 1 unspecified atom stereocenters. The Morgan fingerprint density at radius 3 is 2.54 bits per heavy atom. The van der Waals surface area contributed by atoms with Crippen molar-refractivity contribution in [2.75, 3.05) is 0 Å². The quantitative estimate of drug-likeness (QED) is 0.487. The molecule has 5 nitrogen and oxygen atoms in total. The lowest BCUT2D eigenvalue weighted by Crippen LogP contribution is -2.24. The monoisotopic (exact) mass is 361 g/mol. The molecule has 1 aliphatic rings. The van der Waals surface area contributed by atoms with Gasteiger partial charge in [0.2, 0.25) is 5.96 Å². The highest BCUT2D eigenvalue weighted by molar-refractivity contribution is 6.36. The number of guanidine groups is 1. The Hall–Kier alpha value is -2.11. The highest BCUT2D eigenvalue weighted by Crippen LogP contribution is 2.39. The first-order valence-electron chi connectivity index (χ1n) is 7.51. The van der Waals surface area contributed by atoms with Gasteiger partial charge in [0.1, 0.15) is 0 Å². The fourth-order valence-electron chi connectivity index (χ4n) is 3.12. The molecule has 1 atom stereocenters. The van der Waals surface area contributed by atoms with E-state index >= 15 is 0 Å². The number of hydrogen-bond acceptors (Lipinski definition) is 3. The van der Waals surface area contributed by atoms with E-state index in [9.17, 15) is 0 Å². The predicted molar refractivity (Wildman–Crippen MR) is 98.8 cm³/mol. The maximum Gasteiger partial charge on any atom is 0.211 e. The molecule has 124 valence electrons. The Kier molecular flexibility index (Phi) is 4.73. The van der Waals surface area contributed by atoms with E-state index in [1.807, 2.05) is 31.2 Å². The summed E-state index contributed by atoms with van der Waals surface area (Å²) in [5, 5.41) is 9.36. The molecule has 0 amide bonds. The normalized spacial score (nSPS) is 18.3. The van der Waals surface area contributed by atoms with E-state index in [4.69, 9.17) is 34.7 Å². The van der Waals surface area contributed by atoms with E-state index in [-0.39, 0.29) is 11.9 Å². The van der Waals surface area contributed by atoms with Crippen molar-refractivity contribution in [2.45, 2.75) is 25.7 Å². The number of halogens is 2. The molecule has 1 heterocycles. The number of aromatic nitrogens is 1. The van der Waals surface area contributed by atoms with Crippen molar-refractivity contribution in [2.24, 2.45) is 21.7 Å². The zero-order valence-corrected chi connectivity index (χ0v) is 14.6. The van der Waals surface area contributed by atoms with Crippen molar-refractivity contribution in [3.8, 4) is 0 Å². The fraction of sp³-hybridized carbons (Fsp3) is 0.235. The third-order valence-corrected chi connectivity index (χ3v) is 4.76. The maximum absolute atomic E-state index is 6.38. The number of hydrogen-bond donors (Lipinski definition) is 2. The van der Waals surface area contributed by atoms with Gasteiger partial charge in [-0.25, -0.2) is 0 Å². The van der Waals surface area contributed by atoms with Crippen molar-refractivity contribution in [3.05, 3.63) is 62.9 Å². The number of pyridine rings is 1. The maximum atomic E-state index is 6.38. The van der Waals surface area contributed by atoms with E-state index < -0.39 is 0 Å². The lowest BCUT2D eigenvalue weighted by atomic mass is 9.80. The van der Waals surface area contributed by atoms with Crippen LogP contribution in [-0.2, 0) is 6.42 Å². The van der Waals surface area contributed by atoms with Crippen LogP contribution in [0.4, 0.5) is 0 Å². The molecule has 0 radical (unpaired) electrons. The van der Waals surface area contributed by atoms with E-state index in [1.54, 1.807) is 6.20 Å². The highest BCUT2D eigenvalue weighted by atomic mass is 35.5. The van der Waals surface area contributed by atoms with Gasteiger partial charge < -0.3 is 11.5 Å². The largest absolute Gasteiger partial charge is 0.369 e. The molecular formula is C17H17Cl2N5. The van der Waals surface area contributed by atoms with Crippen LogP contribution in [0.2, 0.25) is 10.0 Å². The topological polar surface area (TPSA) is 89.6 Å². The summed E-state index contributed by atoms with van der Waals surface area (Å²) in [5.41, 5.74) is 15.6. The SMILES string of the molecule is Cc1ccnc2c1/C(=N\N=C(N)N)CC(c1c(Cl)cccc1Cl)C2. The molecule has 24 heavy (non-hydrogen) atoms. The van der Waals surface area contributed by atoms with Crippen molar-refractivity contribution in [1.82, 2.24) is 4.98 Å². The summed E-state index contributed by atoms with van der Waals surface area (Å²) in [6, 6.07) is 7.47. The zero-order valence-electron chi connectivity index (χ0n) is 13.1. The Morgan fingerprint density at radius 1 is 1.17 bits per heavy atom. The minimum Gasteiger partial charge on any atom is -0.369 e. The second-order valence-electron chi connectivity index (χ2n) is 5.76. The molecule has 0 aliphatic heterocycles. The molecule has 0 fully saturated rings. The number of benzene rings is 1. The van der Waals surface area contributed by atoms with Gasteiger partial charge in [0.25, 0.3) is 0 Å². The van der Waals surface area contributed by atoms with Gasteiger partial charge in [0.15, 0.2) is 0 Å². The summed E-state index contributed by atoms with van der Waals surface area (Å²) in [4.78, 5) is 4.51. The summed E-state index contributed by atoms with van der Waals surface area (Å²) in [6.07, 6.45) is 3.17. The number of nitrogens with zero attached hydrogens (tertiary/aromatic N) is 3. The lowest BCUT2D eigenvalue weighted by molar-refractivity contribution is 0.677. The molecule has 2 aromatic rings. The van der Waals surface area contributed by atoms with Crippen LogP contribution < -0.4 is 11.5 Å². The molecule has 0 saturated heterocycles. The second-order valence-corrected chi connectivity index (χ2v) is 6.58. The second kappa shape index (κ2) is 6.79. The smallest absolute Gasteiger partial charge is 0.211 e. The fourth-order valence-corrected chi connectivity index (χ4v) is 3.82. The molecule has 7 heteroatoms. The first kappa shape index (κ1) is 16.7. The van der Waals surface area contributed by atoms with Crippen LogP contribution in [0.15, 0.2) is 40.7 Å². The third kappa shape index (κ3) is 3.23. The number of fused-ring (bicyclic) bond motifs is 1. The van der Waals surface area contributed by atoms with Crippen LogP contribution in [0.3, 0.4) is 0 Å². The summed E-state index contributed by atoms with van der Waals surface area (Å²) in [7, 11) is 0. The standard InChI is InChI=1S/C17H17Cl2N5/c1-9-5-6-22-13-7-10(16-11(18)3-2-4-12(16)19)8-14(15(9)13)23-24-17(20)21/h2-6,10H,7-8H2,1H3,(H4,20,21,24)/b23-14-. The summed E-state index contributed by atoms with van der Waals surface area (Å²) < 4.78 is 0. The van der Waals surface area contributed by atoms with Gasteiger partial charge in [-0.2, -0.15) is 5.10 Å². The number of rotatable bonds is 2. The third-order valence-electron chi connectivity index (χ3n) is 4.10. The molecule has 1 aromatic heterocycles. The highest BCUT2D eigenvalue weighted by Gasteiger charge is 2.29. The van der Waals surface area contributed by atoms with Gasteiger partial charge in [0, 0.05) is 21.8 Å². The Balaban J connectivity index is 2.12. The van der Waals surface area contributed by atoms with Crippen molar-refractivity contribution in [1.29, 1.82) is 0 Å². The predicted octanol–water partition coefficient (Wildman–Crippen LogP) is 3.40. The molecule has 4 N–H and O–H groups in total. The zero-order chi connectivity index (χ0) is 17.3. The number of aryl methyl sites for hydroxylation is 1. The summed E-state index contributed by atoms with van der Waals surface area (Å²) in [6.45, 7) is 2.02. The molecule has 0 spiro atoms. The molecule has 1 aliphatic carbocycles. The van der Waals surface area contributed by atoms with Crippen molar-refractivity contribution in [3.63, 3.8) is 0 Å². The summed E-state index contributed by atoms with van der Waals surface area (Å²) >= 11 is 12.8. The number of nitrogens with two attached hydrogens (primary N) is 2. The average molecular weight is 362 g/mol. The molecular weight excluding hydrogens is 345 g/mol. The van der Waals surface area contributed by atoms with E-state index in [0.717, 1.165) is 34.5 Å². The van der Waals surface area contributed by atoms with Gasteiger partial charge in [-0.1, -0.05) is 29.3 Å². The van der Waals surface area contributed by atoms with Crippen LogP contribution in [-0.4, -0.2) is 16.7 Å². The molecule has 0 bridgehead atoms. The first-order valence-corrected chi connectivity index (χ1v) is 8.27. The average Bonchev–Trinajstić information content (AvgIpc) is 2.52. The Labute approximate surface area is 150 Å². The molecule has 3 rings (SSSR count). The minimum atomic E-state index is -0.0801. The summed E-state index contributed by atoms with van der Waals surface area (Å²) in [5.74, 6) is -0.00978. The van der Waals surface area contributed by atoms with Gasteiger partial charge in [-0.3, -0.25) is 4.98 Å².